The second-order valence-electron chi connectivity index (χ2n) is 2.29. The van der Waals surface area contributed by atoms with Crippen molar-refractivity contribution in [1.82, 2.24) is 4.90 Å². The van der Waals surface area contributed by atoms with E-state index in [2.05, 4.69) is 0 Å². The second-order valence-corrected chi connectivity index (χ2v) is 2.29. The Labute approximate surface area is 55.2 Å². The Balaban J connectivity index is 2.32. The van der Waals surface area contributed by atoms with E-state index in [9.17, 15) is 0 Å². The molecule has 1 saturated heterocycles. The van der Waals surface area contributed by atoms with Gasteiger partial charge in [-0.1, -0.05) is 0 Å². The van der Waals surface area contributed by atoms with Gasteiger partial charge in [-0.25, -0.2) is 0 Å². The molecule has 1 rings (SSSR count). The zero-order chi connectivity index (χ0) is 6.69. The molecule has 0 saturated carbocycles. The Bertz CT molecular complexity index is 77.1. The summed E-state index contributed by atoms with van der Waals surface area (Å²) in [7, 11) is 1.68. The minimum Gasteiger partial charge on any atom is -0.381 e. The van der Waals surface area contributed by atoms with Crippen LogP contribution in [0.25, 0.3) is 0 Å². The number of ether oxygens (including phenoxy) is 1. The van der Waals surface area contributed by atoms with Crippen molar-refractivity contribution >= 4 is 0 Å². The van der Waals surface area contributed by atoms with E-state index in [4.69, 9.17) is 9.84 Å². The summed E-state index contributed by atoms with van der Waals surface area (Å²) >= 11 is 0. The molecule has 0 aromatic rings. The monoisotopic (exact) mass is 131 g/mol. The van der Waals surface area contributed by atoms with Crippen LogP contribution < -0.4 is 0 Å². The molecule has 54 valence electrons. The topological polar surface area (TPSA) is 32.7 Å². The molecule has 0 radical (unpaired) electrons. The summed E-state index contributed by atoms with van der Waals surface area (Å²) in [6.07, 6.45) is 2.35. The Morgan fingerprint density at radius 1 is 1.78 bits per heavy atom. The van der Waals surface area contributed by atoms with Gasteiger partial charge in [-0.15, -0.1) is 0 Å². The summed E-state index contributed by atoms with van der Waals surface area (Å²) in [5.41, 5.74) is 0. The smallest absolute Gasteiger partial charge is 0.112 e. The lowest BCUT2D eigenvalue weighted by atomic mass is 10.4. The number of likely N-dealkylation sites (tertiary alicyclic amines) is 1. The van der Waals surface area contributed by atoms with E-state index in [1.807, 2.05) is 4.90 Å². The first-order valence-corrected chi connectivity index (χ1v) is 3.26. The summed E-state index contributed by atoms with van der Waals surface area (Å²) in [5, 5.41) is 8.71. The third kappa shape index (κ3) is 1.41. The third-order valence-electron chi connectivity index (χ3n) is 1.76. The fourth-order valence-corrected chi connectivity index (χ4v) is 1.22. The maximum Gasteiger partial charge on any atom is 0.112 e. The van der Waals surface area contributed by atoms with Crippen LogP contribution in [0, 0.1) is 0 Å². The molecule has 0 spiro atoms. The van der Waals surface area contributed by atoms with Crippen LogP contribution in [0.3, 0.4) is 0 Å². The molecule has 1 aliphatic heterocycles. The van der Waals surface area contributed by atoms with Gasteiger partial charge in [0.2, 0.25) is 0 Å². The number of aliphatic hydroxyl groups is 1. The number of methoxy groups -OCH3 is 1. The van der Waals surface area contributed by atoms with Gasteiger partial charge in [0, 0.05) is 13.7 Å². The van der Waals surface area contributed by atoms with Gasteiger partial charge in [0.15, 0.2) is 0 Å². The van der Waals surface area contributed by atoms with Crippen LogP contribution >= 0.6 is 0 Å². The highest BCUT2D eigenvalue weighted by Gasteiger charge is 2.22. The zero-order valence-corrected chi connectivity index (χ0v) is 5.71. The van der Waals surface area contributed by atoms with Gasteiger partial charge in [-0.05, 0) is 12.8 Å². The van der Waals surface area contributed by atoms with Gasteiger partial charge in [0.05, 0.1) is 6.73 Å². The second kappa shape index (κ2) is 3.15. The fraction of sp³-hybridized carbons (Fsp3) is 1.00. The zero-order valence-electron chi connectivity index (χ0n) is 5.71. The molecular formula is C6H13NO2. The molecule has 0 unspecified atom stereocenters. The molecule has 0 aliphatic carbocycles. The standard InChI is InChI=1S/C6H13NO2/c1-9-6-3-2-4-7(6)5-8/h6,8H,2-5H2,1H3/t6-/m1/s1. The quantitative estimate of drug-likeness (QED) is 0.572. The minimum absolute atomic E-state index is 0.124. The molecule has 1 aliphatic rings. The molecule has 0 aromatic heterocycles. The fourth-order valence-electron chi connectivity index (χ4n) is 1.22. The van der Waals surface area contributed by atoms with E-state index >= 15 is 0 Å². The predicted molar refractivity (Wildman–Crippen MR) is 33.8 cm³/mol. The Morgan fingerprint density at radius 2 is 2.56 bits per heavy atom. The third-order valence-corrected chi connectivity index (χ3v) is 1.76. The molecule has 1 atom stereocenters. The van der Waals surface area contributed by atoms with E-state index < -0.39 is 0 Å². The number of rotatable bonds is 2. The highest BCUT2D eigenvalue weighted by molar-refractivity contribution is 4.68. The number of hydrogen-bond acceptors (Lipinski definition) is 3. The van der Waals surface area contributed by atoms with E-state index in [0.29, 0.717) is 0 Å². The molecular weight excluding hydrogens is 118 g/mol. The lowest BCUT2D eigenvalue weighted by Gasteiger charge is -2.19. The van der Waals surface area contributed by atoms with E-state index in [1.54, 1.807) is 7.11 Å². The van der Waals surface area contributed by atoms with Crippen LogP contribution in [0.5, 0.6) is 0 Å². The van der Waals surface area contributed by atoms with Crippen molar-refractivity contribution in [3.63, 3.8) is 0 Å². The van der Waals surface area contributed by atoms with Crippen molar-refractivity contribution in [3.8, 4) is 0 Å². The maximum atomic E-state index is 8.71. The highest BCUT2D eigenvalue weighted by atomic mass is 16.5. The van der Waals surface area contributed by atoms with Gasteiger partial charge >= 0.3 is 0 Å². The highest BCUT2D eigenvalue weighted by Crippen LogP contribution is 2.15. The van der Waals surface area contributed by atoms with Crippen LogP contribution in [0.2, 0.25) is 0 Å². The van der Waals surface area contributed by atoms with E-state index in [1.165, 1.54) is 0 Å². The van der Waals surface area contributed by atoms with E-state index in [-0.39, 0.29) is 13.0 Å². The average molecular weight is 131 g/mol. The number of hydrogen-bond donors (Lipinski definition) is 1. The minimum atomic E-state index is 0.124. The number of nitrogens with zero attached hydrogens (tertiary/aromatic N) is 1. The van der Waals surface area contributed by atoms with Crippen molar-refractivity contribution in [2.75, 3.05) is 20.4 Å². The lowest BCUT2D eigenvalue weighted by molar-refractivity contribution is -0.0437. The van der Waals surface area contributed by atoms with Gasteiger partial charge in [0.1, 0.15) is 6.23 Å². The molecule has 0 amide bonds. The molecule has 3 nitrogen and oxygen atoms in total. The molecule has 0 aromatic carbocycles. The summed E-state index contributed by atoms with van der Waals surface area (Å²) in [6, 6.07) is 0. The largest absolute Gasteiger partial charge is 0.381 e. The summed E-state index contributed by atoms with van der Waals surface area (Å²) in [5.74, 6) is 0. The van der Waals surface area contributed by atoms with Crippen molar-refractivity contribution < 1.29 is 9.84 Å². The summed E-state index contributed by atoms with van der Waals surface area (Å²) < 4.78 is 5.08. The van der Waals surface area contributed by atoms with Gasteiger partial charge in [-0.2, -0.15) is 0 Å². The molecule has 1 N–H and O–H groups in total. The van der Waals surface area contributed by atoms with Crippen molar-refractivity contribution in [2.45, 2.75) is 19.1 Å². The first-order chi connectivity index (χ1) is 4.38. The number of aliphatic hydroxyl groups excluding tert-OH is 1. The van der Waals surface area contributed by atoms with Crippen LogP contribution in [-0.4, -0.2) is 36.6 Å². The summed E-state index contributed by atoms with van der Waals surface area (Å²) in [4.78, 5) is 1.92. The predicted octanol–water partition coefficient (Wildman–Crippen LogP) is 0.00450. The molecule has 0 bridgehead atoms. The normalized spacial score (nSPS) is 29.3. The van der Waals surface area contributed by atoms with Crippen molar-refractivity contribution in [3.05, 3.63) is 0 Å². The Kier molecular flexibility index (Phi) is 2.45. The van der Waals surface area contributed by atoms with Gasteiger partial charge in [0.25, 0.3) is 0 Å². The molecule has 1 fully saturated rings. The first kappa shape index (κ1) is 6.99. The molecule has 1 heterocycles. The SMILES string of the molecule is CO[C@@H]1CCCN1CO. The lowest BCUT2D eigenvalue weighted by Crippen LogP contribution is -2.31. The first-order valence-electron chi connectivity index (χ1n) is 3.26. The Hall–Kier alpha value is -0.120. The van der Waals surface area contributed by atoms with Crippen molar-refractivity contribution in [2.24, 2.45) is 0 Å². The van der Waals surface area contributed by atoms with Gasteiger partial charge in [-0.3, -0.25) is 4.90 Å². The maximum absolute atomic E-state index is 8.71. The van der Waals surface area contributed by atoms with Crippen LogP contribution in [0.1, 0.15) is 12.8 Å². The van der Waals surface area contributed by atoms with Gasteiger partial charge < -0.3 is 9.84 Å². The summed E-state index contributed by atoms with van der Waals surface area (Å²) in [6.45, 7) is 1.09. The molecule has 3 heteroatoms. The van der Waals surface area contributed by atoms with Crippen molar-refractivity contribution in [1.29, 1.82) is 0 Å². The average Bonchev–Trinajstić information content (AvgIpc) is 2.33. The van der Waals surface area contributed by atoms with Crippen LogP contribution in [0.4, 0.5) is 0 Å². The van der Waals surface area contributed by atoms with Crippen LogP contribution in [-0.2, 0) is 4.74 Å². The van der Waals surface area contributed by atoms with Crippen LogP contribution in [0.15, 0.2) is 0 Å². The Morgan fingerprint density at radius 3 is 3.00 bits per heavy atom. The van der Waals surface area contributed by atoms with E-state index in [0.717, 1.165) is 19.4 Å². The molecule has 9 heavy (non-hydrogen) atoms.